The van der Waals surface area contributed by atoms with E-state index >= 15 is 0 Å². The molecule has 1 aromatic heterocycles. The molecule has 1 amide bonds. The van der Waals surface area contributed by atoms with Gasteiger partial charge in [-0.05, 0) is 18.5 Å². The van der Waals surface area contributed by atoms with E-state index in [0.29, 0.717) is 6.54 Å². The minimum absolute atomic E-state index is 0.442. The topological polar surface area (TPSA) is 33.2 Å². The van der Waals surface area contributed by atoms with Gasteiger partial charge in [0, 0.05) is 11.9 Å². The Morgan fingerprint density at radius 3 is 2.92 bits per heavy atom. The molecule has 0 aliphatic carbocycles. The van der Waals surface area contributed by atoms with Gasteiger partial charge in [-0.3, -0.25) is 4.79 Å². The number of hydrogen-bond donors (Lipinski definition) is 0. The average Bonchev–Trinajstić information content (AvgIpc) is 2.36. The maximum absolute atomic E-state index is 10.7. The van der Waals surface area contributed by atoms with Crippen molar-refractivity contribution in [2.24, 2.45) is 0 Å². The molecule has 0 atom stereocenters. The Morgan fingerprint density at radius 2 is 2.50 bits per heavy atom. The lowest BCUT2D eigenvalue weighted by Crippen LogP contribution is -2.19. The second kappa shape index (κ2) is 3.87. The van der Waals surface area contributed by atoms with Gasteiger partial charge in [0.2, 0.25) is 0 Å². The second-order valence-electron chi connectivity index (χ2n) is 2.47. The maximum atomic E-state index is 10.7. The lowest BCUT2D eigenvalue weighted by Gasteiger charge is -2.11. The van der Waals surface area contributed by atoms with Crippen molar-refractivity contribution in [2.75, 3.05) is 7.05 Å². The normalized spacial score (nSPS) is 9.92. The zero-order valence-electron chi connectivity index (χ0n) is 6.87. The number of nitrogens with zero attached hydrogens (tertiary/aromatic N) is 2. The smallest absolute Gasteiger partial charge is 0.316 e. The maximum Gasteiger partial charge on any atom is 0.316 e. The number of aryl methyl sites for hydroxylation is 1. The summed E-state index contributed by atoms with van der Waals surface area (Å²) in [4.78, 5) is 17.2. The number of amides is 1. The van der Waals surface area contributed by atoms with Crippen LogP contribution in [0.25, 0.3) is 0 Å². The quantitative estimate of drug-likeness (QED) is 0.547. The van der Waals surface area contributed by atoms with E-state index in [2.05, 4.69) is 4.98 Å². The predicted molar refractivity (Wildman–Crippen MR) is 49.6 cm³/mol. The van der Waals surface area contributed by atoms with E-state index < -0.39 is 5.37 Å². The summed E-state index contributed by atoms with van der Waals surface area (Å²) in [5.74, 6) is 0. The van der Waals surface area contributed by atoms with Crippen molar-refractivity contribution in [3.63, 3.8) is 0 Å². The third-order valence-corrected chi connectivity index (χ3v) is 2.73. The summed E-state index contributed by atoms with van der Waals surface area (Å²) < 4.78 is 0. The molecule has 0 saturated heterocycles. The fraction of sp³-hybridized carbons (Fsp3) is 0.429. The monoisotopic (exact) mass is 204 g/mol. The summed E-state index contributed by atoms with van der Waals surface area (Å²) in [5, 5.41) is -0.442. The van der Waals surface area contributed by atoms with Crippen molar-refractivity contribution >= 4 is 28.3 Å². The molecule has 12 heavy (non-hydrogen) atoms. The third kappa shape index (κ3) is 2.19. The molecule has 3 nitrogen and oxygen atoms in total. The molecule has 0 unspecified atom stereocenters. The van der Waals surface area contributed by atoms with Gasteiger partial charge in [0.15, 0.2) is 0 Å². The van der Waals surface area contributed by atoms with Crippen LogP contribution in [0.15, 0.2) is 5.51 Å². The zero-order chi connectivity index (χ0) is 9.14. The Bertz CT molecular complexity index is 287. The molecule has 66 valence electrons. The van der Waals surface area contributed by atoms with Crippen LogP contribution in [0.1, 0.15) is 10.6 Å². The molecule has 1 heterocycles. The molecule has 0 N–H and O–H groups in total. The SMILES string of the molecule is Cc1ncsc1CN(C)C(=O)Cl. The summed E-state index contributed by atoms with van der Waals surface area (Å²) in [5.41, 5.74) is 2.72. The molecule has 0 fully saturated rings. The van der Waals surface area contributed by atoms with E-state index in [-0.39, 0.29) is 0 Å². The van der Waals surface area contributed by atoms with Gasteiger partial charge in [-0.15, -0.1) is 11.3 Å². The molecular weight excluding hydrogens is 196 g/mol. The summed E-state index contributed by atoms with van der Waals surface area (Å²) in [7, 11) is 1.66. The van der Waals surface area contributed by atoms with Crippen molar-refractivity contribution < 1.29 is 4.79 Å². The van der Waals surface area contributed by atoms with E-state index in [0.717, 1.165) is 10.6 Å². The largest absolute Gasteiger partial charge is 0.327 e. The molecule has 0 saturated carbocycles. The van der Waals surface area contributed by atoms with Crippen LogP contribution in [0.3, 0.4) is 0 Å². The first kappa shape index (κ1) is 9.48. The van der Waals surface area contributed by atoms with Crippen LogP contribution in [-0.4, -0.2) is 22.3 Å². The Hall–Kier alpha value is -0.610. The van der Waals surface area contributed by atoms with Gasteiger partial charge in [-0.25, -0.2) is 4.98 Å². The molecule has 0 radical (unpaired) electrons. The number of aromatic nitrogens is 1. The molecule has 0 aliphatic rings. The minimum atomic E-state index is -0.442. The van der Waals surface area contributed by atoms with Crippen LogP contribution < -0.4 is 0 Å². The van der Waals surface area contributed by atoms with E-state index in [4.69, 9.17) is 11.6 Å². The number of halogens is 1. The van der Waals surface area contributed by atoms with Crippen LogP contribution in [0, 0.1) is 6.92 Å². The predicted octanol–water partition coefficient (Wildman–Crippen LogP) is 2.24. The standard InChI is InChI=1S/C7H9ClN2OS/c1-5-6(12-4-9-5)3-10(2)7(8)11/h4H,3H2,1-2H3. The van der Waals surface area contributed by atoms with Crippen LogP contribution in [0.2, 0.25) is 0 Å². The van der Waals surface area contributed by atoms with E-state index in [1.807, 2.05) is 6.92 Å². The highest BCUT2D eigenvalue weighted by molar-refractivity contribution is 7.09. The highest BCUT2D eigenvalue weighted by Gasteiger charge is 2.08. The van der Waals surface area contributed by atoms with E-state index in [9.17, 15) is 4.79 Å². The molecule has 0 aromatic carbocycles. The molecule has 5 heteroatoms. The first-order valence-corrected chi connectivity index (χ1v) is 4.66. The Labute approximate surface area is 80.0 Å². The van der Waals surface area contributed by atoms with Crippen LogP contribution in [0.4, 0.5) is 4.79 Å². The zero-order valence-corrected chi connectivity index (χ0v) is 8.45. The van der Waals surface area contributed by atoms with Crippen LogP contribution in [0.5, 0.6) is 0 Å². The molecule has 0 spiro atoms. The molecule has 1 rings (SSSR count). The van der Waals surface area contributed by atoms with Gasteiger partial charge in [-0.2, -0.15) is 0 Å². The molecule has 0 bridgehead atoms. The van der Waals surface area contributed by atoms with E-state index in [1.165, 1.54) is 16.2 Å². The first-order chi connectivity index (χ1) is 5.61. The summed E-state index contributed by atoms with van der Waals surface area (Å²) >= 11 is 6.80. The number of carbonyl (C=O) groups is 1. The average molecular weight is 205 g/mol. The summed E-state index contributed by atoms with van der Waals surface area (Å²) in [6.45, 7) is 2.46. The number of carbonyl (C=O) groups excluding carboxylic acids is 1. The van der Waals surface area contributed by atoms with Crippen molar-refractivity contribution in [1.29, 1.82) is 0 Å². The molecular formula is C7H9ClN2OS. The van der Waals surface area contributed by atoms with Gasteiger partial charge < -0.3 is 4.90 Å². The molecule has 0 aliphatic heterocycles. The Kier molecular flexibility index (Phi) is 3.05. The van der Waals surface area contributed by atoms with Crippen molar-refractivity contribution in [2.45, 2.75) is 13.5 Å². The van der Waals surface area contributed by atoms with Gasteiger partial charge in [-0.1, -0.05) is 0 Å². The van der Waals surface area contributed by atoms with Gasteiger partial charge >= 0.3 is 5.37 Å². The van der Waals surface area contributed by atoms with Crippen molar-refractivity contribution in [3.05, 3.63) is 16.1 Å². The van der Waals surface area contributed by atoms with Gasteiger partial charge in [0.05, 0.1) is 17.7 Å². The number of rotatable bonds is 2. The number of hydrogen-bond acceptors (Lipinski definition) is 3. The highest BCUT2D eigenvalue weighted by atomic mass is 35.5. The third-order valence-electron chi connectivity index (χ3n) is 1.53. The summed E-state index contributed by atoms with van der Waals surface area (Å²) in [6.07, 6.45) is 0. The Morgan fingerprint density at radius 1 is 1.83 bits per heavy atom. The second-order valence-corrected chi connectivity index (χ2v) is 3.73. The van der Waals surface area contributed by atoms with E-state index in [1.54, 1.807) is 12.6 Å². The van der Waals surface area contributed by atoms with Crippen molar-refractivity contribution in [3.8, 4) is 0 Å². The first-order valence-electron chi connectivity index (χ1n) is 3.41. The summed E-state index contributed by atoms with van der Waals surface area (Å²) in [6, 6.07) is 0. The van der Waals surface area contributed by atoms with Gasteiger partial charge in [0.1, 0.15) is 0 Å². The van der Waals surface area contributed by atoms with Gasteiger partial charge in [0.25, 0.3) is 0 Å². The lowest BCUT2D eigenvalue weighted by molar-refractivity contribution is 0.231. The van der Waals surface area contributed by atoms with Crippen molar-refractivity contribution in [1.82, 2.24) is 9.88 Å². The van der Waals surface area contributed by atoms with Crippen LogP contribution in [-0.2, 0) is 6.54 Å². The van der Waals surface area contributed by atoms with Crippen LogP contribution >= 0.6 is 22.9 Å². The molecule has 1 aromatic rings. The fourth-order valence-electron chi connectivity index (χ4n) is 0.756. The number of thiazole rings is 1. The highest BCUT2D eigenvalue weighted by Crippen LogP contribution is 2.14. The Balaban J connectivity index is 2.64. The fourth-order valence-corrected chi connectivity index (χ4v) is 1.64. The minimum Gasteiger partial charge on any atom is -0.327 e. The lowest BCUT2D eigenvalue weighted by atomic mass is 10.4.